The summed E-state index contributed by atoms with van der Waals surface area (Å²) in [4.78, 5) is 11.7. The lowest BCUT2D eigenvalue weighted by atomic mass is 10.2. The molecule has 0 saturated carbocycles. The van der Waals surface area contributed by atoms with E-state index in [-0.39, 0.29) is 11.9 Å². The Hall–Kier alpha value is -1.60. The van der Waals surface area contributed by atoms with E-state index >= 15 is 0 Å². The van der Waals surface area contributed by atoms with Gasteiger partial charge in [-0.1, -0.05) is 12.1 Å². The van der Waals surface area contributed by atoms with Crippen molar-refractivity contribution in [3.05, 3.63) is 24.3 Å². The molecule has 100 valence electrons. The largest absolute Gasteiger partial charge is 0.323 e. The quantitative estimate of drug-likeness (QED) is 0.732. The van der Waals surface area contributed by atoms with Gasteiger partial charge < -0.3 is 10.6 Å². The zero-order valence-corrected chi connectivity index (χ0v) is 11.3. The van der Waals surface area contributed by atoms with Gasteiger partial charge in [0.2, 0.25) is 15.9 Å². The first-order valence-corrected chi connectivity index (χ1v) is 7.27. The van der Waals surface area contributed by atoms with E-state index in [4.69, 9.17) is 0 Å². The molecule has 1 rings (SSSR count). The van der Waals surface area contributed by atoms with Crippen molar-refractivity contribution in [2.75, 3.05) is 23.3 Å². The van der Waals surface area contributed by atoms with Crippen LogP contribution in [0.2, 0.25) is 0 Å². The van der Waals surface area contributed by atoms with Crippen LogP contribution in [-0.2, 0) is 14.8 Å². The van der Waals surface area contributed by atoms with Gasteiger partial charge in [-0.15, -0.1) is 0 Å². The van der Waals surface area contributed by atoms with Gasteiger partial charge >= 0.3 is 0 Å². The van der Waals surface area contributed by atoms with Crippen molar-refractivity contribution in [1.29, 1.82) is 0 Å². The lowest BCUT2D eigenvalue weighted by Gasteiger charge is -2.14. The molecule has 6 nitrogen and oxygen atoms in total. The van der Waals surface area contributed by atoms with Gasteiger partial charge in [-0.05, 0) is 26.1 Å². The van der Waals surface area contributed by atoms with Gasteiger partial charge in [0.25, 0.3) is 0 Å². The second-order valence-electron chi connectivity index (χ2n) is 3.92. The summed E-state index contributed by atoms with van der Waals surface area (Å²) in [5.74, 6) is -0.236. The van der Waals surface area contributed by atoms with Crippen molar-refractivity contribution >= 4 is 27.3 Å². The van der Waals surface area contributed by atoms with Gasteiger partial charge in [0.05, 0.1) is 23.7 Å². The minimum atomic E-state index is -3.38. The zero-order valence-electron chi connectivity index (χ0n) is 10.5. The lowest BCUT2D eigenvalue weighted by Crippen LogP contribution is -2.35. The Morgan fingerprint density at radius 1 is 1.22 bits per heavy atom. The molecule has 1 aromatic rings. The van der Waals surface area contributed by atoms with Gasteiger partial charge in [0, 0.05) is 0 Å². The van der Waals surface area contributed by atoms with Crippen LogP contribution in [0.5, 0.6) is 0 Å². The number of likely N-dealkylation sites (N-methyl/N-ethyl adjacent to an activating group) is 1. The number of carbonyl (C=O) groups excluding carboxylic acids is 1. The van der Waals surface area contributed by atoms with Gasteiger partial charge in [-0.25, -0.2) is 8.42 Å². The first-order chi connectivity index (χ1) is 8.33. The number of rotatable bonds is 5. The fourth-order valence-corrected chi connectivity index (χ4v) is 1.83. The maximum Gasteiger partial charge on any atom is 0.241 e. The summed E-state index contributed by atoms with van der Waals surface area (Å²) in [7, 11) is -1.71. The third kappa shape index (κ3) is 4.34. The smallest absolute Gasteiger partial charge is 0.241 e. The molecule has 0 aromatic heterocycles. The van der Waals surface area contributed by atoms with Crippen molar-refractivity contribution in [3.63, 3.8) is 0 Å². The van der Waals surface area contributed by atoms with Crippen LogP contribution in [0.4, 0.5) is 11.4 Å². The summed E-state index contributed by atoms with van der Waals surface area (Å²) in [5, 5.41) is 5.46. The van der Waals surface area contributed by atoms with E-state index in [1.807, 2.05) is 0 Å². The van der Waals surface area contributed by atoms with Crippen LogP contribution in [0.3, 0.4) is 0 Å². The Labute approximate surface area is 107 Å². The third-order valence-corrected chi connectivity index (χ3v) is 2.90. The van der Waals surface area contributed by atoms with Crippen LogP contribution in [0.15, 0.2) is 24.3 Å². The number of anilines is 2. The van der Waals surface area contributed by atoms with Crippen LogP contribution < -0.4 is 15.4 Å². The van der Waals surface area contributed by atoms with E-state index in [0.717, 1.165) is 6.26 Å². The molecule has 1 unspecified atom stereocenters. The number of hydrogen-bond acceptors (Lipinski definition) is 4. The molecular formula is C11H17N3O3S. The summed E-state index contributed by atoms with van der Waals surface area (Å²) < 4.78 is 24.7. The standard InChI is InChI=1S/C11H17N3O3S/c1-8(12-2)11(15)13-9-6-4-5-7-10(9)14-18(3,16)17/h4-8,12,14H,1-3H3,(H,13,15). The minimum Gasteiger partial charge on any atom is -0.323 e. The molecule has 18 heavy (non-hydrogen) atoms. The van der Waals surface area contributed by atoms with Crippen LogP contribution in [-0.4, -0.2) is 33.7 Å². The normalized spacial score (nSPS) is 12.8. The van der Waals surface area contributed by atoms with E-state index in [0.29, 0.717) is 11.4 Å². The highest BCUT2D eigenvalue weighted by atomic mass is 32.2. The van der Waals surface area contributed by atoms with E-state index < -0.39 is 10.0 Å². The predicted molar refractivity (Wildman–Crippen MR) is 72.1 cm³/mol. The molecule has 0 aliphatic rings. The second kappa shape index (κ2) is 5.83. The molecule has 0 aliphatic carbocycles. The summed E-state index contributed by atoms with van der Waals surface area (Å²) in [6.07, 6.45) is 1.06. The van der Waals surface area contributed by atoms with Crippen molar-refractivity contribution in [1.82, 2.24) is 5.32 Å². The molecule has 0 heterocycles. The van der Waals surface area contributed by atoms with Crippen LogP contribution in [0, 0.1) is 0 Å². The van der Waals surface area contributed by atoms with Gasteiger partial charge in [0.1, 0.15) is 0 Å². The molecule has 1 amide bonds. The molecule has 0 bridgehead atoms. The monoisotopic (exact) mass is 271 g/mol. The Bertz CT molecular complexity index is 528. The number of sulfonamides is 1. The van der Waals surface area contributed by atoms with Crippen molar-refractivity contribution in [2.24, 2.45) is 0 Å². The second-order valence-corrected chi connectivity index (χ2v) is 5.67. The highest BCUT2D eigenvalue weighted by molar-refractivity contribution is 7.92. The fraction of sp³-hybridized carbons (Fsp3) is 0.364. The van der Waals surface area contributed by atoms with Gasteiger partial charge in [0.15, 0.2) is 0 Å². The minimum absolute atomic E-state index is 0.236. The van der Waals surface area contributed by atoms with Gasteiger partial charge in [-0.2, -0.15) is 0 Å². The SMILES string of the molecule is CNC(C)C(=O)Nc1ccccc1NS(C)(=O)=O. The summed E-state index contributed by atoms with van der Waals surface area (Å²) in [6, 6.07) is 6.25. The summed E-state index contributed by atoms with van der Waals surface area (Å²) in [6.45, 7) is 1.71. The molecule has 1 aromatic carbocycles. The molecule has 7 heteroatoms. The number of carbonyl (C=O) groups is 1. The molecule has 0 spiro atoms. The Morgan fingerprint density at radius 3 is 2.28 bits per heavy atom. The molecule has 0 aliphatic heterocycles. The van der Waals surface area contributed by atoms with Crippen molar-refractivity contribution < 1.29 is 13.2 Å². The Balaban J connectivity index is 2.93. The maximum absolute atomic E-state index is 11.7. The molecule has 0 radical (unpaired) electrons. The third-order valence-electron chi connectivity index (χ3n) is 2.31. The molecule has 3 N–H and O–H groups in total. The lowest BCUT2D eigenvalue weighted by molar-refractivity contribution is -0.117. The summed E-state index contributed by atoms with van der Waals surface area (Å²) in [5.41, 5.74) is 0.770. The average molecular weight is 271 g/mol. The highest BCUT2D eigenvalue weighted by Crippen LogP contribution is 2.21. The van der Waals surface area contributed by atoms with Gasteiger partial charge in [-0.3, -0.25) is 9.52 Å². The van der Waals surface area contributed by atoms with Crippen LogP contribution >= 0.6 is 0 Å². The van der Waals surface area contributed by atoms with Crippen LogP contribution in [0.1, 0.15) is 6.92 Å². The number of nitrogens with one attached hydrogen (secondary N) is 3. The Morgan fingerprint density at radius 2 is 1.78 bits per heavy atom. The molecule has 0 saturated heterocycles. The highest BCUT2D eigenvalue weighted by Gasteiger charge is 2.13. The van der Waals surface area contributed by atoms with E-state index in [1.165, 1.54) is 0 Å². The van der Waals surface area contributed by atoms with Crippen molar-refractivity contribution in [2.45, 2.75) is 13.0 Å². The zero-order chi connectivity index (χ0) is 13.8. The maximum atomic E-state index is 11.7. The first-order valence-electron chi connectivity index (χ1n) is 5.38. The molecule has 0 fully saturated rings. The van der Waals surface area contributed by atoms with E-state index in [9.17, 15) is 13.2 Å². The number of benzene rings is 1. The predicted octanol–water partition coefficient (Wildman–Crippen LogP) is 0.604. The topological polar surface area (TPSA) is 87.3 Å². The van der Waals surface area contributed by atoms with Crippen LogP contribution in [0.25, 0.3) is 0 Å². The van der Waals surface area contributed by atoms with E-state index in [2.05, 4.69) is 15.4 Å². The molecular weight excluding hydrogens is 254 g/mol. The molecule has 1 atom stereocenters. The van der Waals surface area contributed by atoms with Crippen molar-refractivity contribution in [3.8, 4) is 0 Å². The first kappa shape index (κ1) is 14.5. The number of amides is 1. The Kier molecular flexibility index (Phi) is 4.69. The number of hydrogen-bond donors (Lipinski definition) is 3. The average Bonchev–Trinajstić information content (AvgIpc) is 2.28. The van der Waals surface area contributed by atoms with E-state index in [1.54, 1.807) is 38.2 Å². The summed E-state index contributed by atoms with van der Waals surface area (Å²) >= 11 is 0. The fourth-order valence-electron chi connectivity index (χ4n) is 1.25. The number of para-hydroxylation sites is 2.